The molecule has 21 heavy (non-hydrogen) atoms. The van der Waals surface area contributed by atoms with E-state index >= 15 is 0 Å². The monoisotopic (exact) mass is 287 g/mol. The Labute approximate surface area is 122 Å². The summed E-state index contributed by atoms with van der Waals surface area (Å²) in [5.41, 5.74) is 2.34. The fraction of sp³-hybridized carbons (Fsp3) is 0.400. The number of nitrogens with one attached hydrogen (secondary N) is 1. The second kappa shape index (κ2) is 5.55. The van der Waals surface area contributed by atoms with Crippen molar-refractivity contribution in [2.45, 2.75) is 12.8 Å². The molecule has 1 fully saturated rings. The maximum Gasteiger partial charge on any atom is 0.308 e. The molecule has 1 N–H and O–H groups in total. The first-order valence-corrected chi connectivity index (χ1v) is 6.99. The maximum atomic E-state index is 12.5. The van der Waals surface area contributed by atoms with Crippen molar-refractivity contribution in [3.63, 3.8) is 0 Å². The number of methoxy groups -OCH3 is 1. The normalized spacial score (nSPS) is 16.1. The van der Waals surface area contributed by atoms with Crippen LogP contribution >= 0.6 is 0 Å². The number of rotatable bonds is 2. The van der Waals surface area contributed by atoms with Gasteiger partial charge in [0.1, 0.15) is 0 Å². The molecule has 0 saturated carbocycles. The third kappa shape index (κ3) is 2.61. The van der Waals surface area contributed by atoms with Crippen LogP contribution in [0.3, 0.4) is 0 Å². The number of hydrogen-bond donors (Lipinski definition) is 1. The van der Waals surface area contributed by atoms with Crippen LogP contribution in [-0.2, 0) is 9.53 Å². The minimum atomic E-state index is -0.180. The van der Waals surface area contributed by atoms with Crippen LogP contribution in [0, 0.1) is 5.92 Å². The lowest BCUT2D eigenvalue weighted by Crippen LogP contribution is -2.40. The van der Waals surface area contributed by atoms with Crippen LogP contribution in [0.5, 0.6) is 0 Å². The lowest BCUT2D eigenvalue weighted by atomic mass is 9.96. The smallest absolute Gasteiger partial charge is 0.308 e. The van der Waals surface area contributed by atoms with Crippen LogP contribution in [0.15, 0.2) is 24.5 Å². The van der Waals surface area contributed by atoms with Crippen molar-refractivity contribution in [2.24, 2.45) is 5.92 Å². The molecule has 0 aliphatic carbocycles. The van der Waals surface area contributed by atoms with Gasteiger partial charge in [0.15, 0.2) is 0 Å². The number of ether oxygens (including phenoxy) is 1. The number of H-pyrrole nitrogens is 1. The van der Waals surface area contributed by atoms with Gasteiger partial charge in [-0.15, -0.1) is 0 Å². The van der Waals surface area contributed by atoms with Crippen LogP contribution in [0.2, 0.25) is 0 Å². The van der Waals surface area contributed by atoms with E-state index in [1.165, 1.54) is 7.11 Å². The number of likely N-dealkylation sites (tertiary alicyclic amines) is 1. The van der Waals surface area contributed by atoms with Crippen molar-refractivity contribution in [1.29, 1.82) is 0 Å². The summed E-state index contributed by atoms with van der Waals surface area (Å²) in [6.07, 6.45) is 2.93. The second-order valence-corrected chi connectivity index (χ2v) is 5.22. The predicted octanol–water partition coefficient (Wildman–Crippen LogP) is 1.59. The number of fused-ring (bicyclic) bond motifs is 1. The molecule has 1 amide bonds. The quantitative estimate of drug-likeness (QED) is 0.851. The molecular formula is C15H17N3O3. The SMILES string of the molecule is COC(=O)C1CCN(C(=O)c2ccc3nc[nH]c3c2)CC1. The summed E-state index contributed by atoms with van der Waals surface area (Å²) in [7, 11) is 1.40. The maximum absolute atomic E-state index is 12.5. The van der Waals surface area contributed by atoms with Crippen LogP contribution < -0.4 is 0 Å². The van der Waals surface area contributed by atoms with Crippen molar-refractivity contribution in [1.82, 2.24) is 14.9 Å². The summed E-state index contributed by atoms with van der Waals surface area (Å²) < 4.78 is 4.76. The highest BCUT2D eigenvalue weighted by molar-refractivity contribution is 5.97. The molecule has 0 unspecified atom stereocenters. The van der Waals surface area contributed by atoms with Gasteiger partial charge in [0, 0.05) is 18.7 Å². The number of carbonyl (C=O) groups excluding carboxylic acids is 2. The number of carbonyl (C=O) groups is 2. The summed E-state index contributed by atoms with van der Waals surface area (Å²) >= 11 is 0. The first kappa shape index (κ1) is 13.6. The fourth-order valence-electron chi connectivity index (χ4n) is 2.74. The average molecular weight is 287 g/mol. The van der Waals surface area contributed by atoms with E-state index in [2.05, 4.69) is 9.97 Å². The molecule has 3 rings (SSSR count). The van der Waals surface area contributed by atoms with Gasteiger partial charge in [-0.25, -0.2) is 4.98 Å². The third-order valence-corrected chi connectivity index (χ3v) is 3.98. The first-order chi connectivity index (χ1) is 10.2. The number of aromatic nitrogens is 2. The Morgan fingerprint density at radius 3 is 2.81 bits per heavy atom. The standard InChI is InChI=1S/C15H17N3O3/c1-21-15(20)10-4-6-18(7-5-10)14(19)11-2-3-12-13(8-11)17-9-16-12/h2-3,8-10H,4-7H2,1H3,(H,16,17). The van der Waals surface area contributed by atoms with E-state index in [9.17, 15) is 9.59 Å². The molecule has 0 bridgehead atoms. The molecule has 2 heterocycles. The number of hydrogen-bond acceptors (Lipinski definition) is 4. The van der Waals surface area contributed by atoms with Gasteiger partial charge >= 0.3 is 5.97 Å². The zero-order chi connectivity index (χ0) is 14.8. The van der Waals surface area contributed by atoms with Gasteiger partial charge in [-0.3, -0.25) is 9.59 Å². The molecular weight excluding hydrogens is 270 g/mol. The number of esters is 1. The number of aromatic amines is 1. The molecule has 0 radical (unpaired) electrons. The minimum Gasteiger partial charge on any atom is -0.469 e. The molecule has 0 spiro atoms. The van der Waals surface area contributed by atoms with Crippen LogP contribution in [0.1, 0.15) is 23.2 Å². The lowest BCUT2D eigenvalue weighted by molar-refractivity contribution is -0.146. The van der Waals surface area contributed by atoms with Gasteiger partial charge < -0.3 is 14.6 Å². The fourth-order valence-corrected chi connectivity index (χ4v) is 2.74. The number of nitrogens with zero attached hydrogens (tertiary/aromatic N) is 2. The molecule has 6 heteroatoms. The van der Waals surface area contributed by atoms with E-state index in [0.29, 0.717) is 31.5 Å². The molecule has 110 valence electrons. The Bertz CT molecular complexity index is 672. The molecule has 1 aromatic carbocycles. The third-order valence-electron chi connectivity index (χ3n) is 3.98. The highest BCUT2D eigenvalue weighted by Gasteiger charge is 2.28. The summed E-state index contributed by atoms with van der Waals surface area (Å²) in [6.45, 7) is 1.17. The Kier molecular flexibility index (Phi) is 3.60. The van der Waals surface area contributed by atoms with Crippen LogP contribution in [-0.4, -0.2) is 46.9 Å². The first-order valence-electron chi connectivity index (χ1n) is 6.99. The second-order valence-electron chi connectivity index (χ2n) is 5.22. The zero-order valence-electron chi connectivity index (χ0n) is 11.8. The van der Waals surface area contributed by atoms with Crippen molar-refractivity contribution in [3.05, 3.63) is 30.1 Å². The van der Waals surface area contributed by atoms with Gasteiger partial charge in [0.25, 0.3) is 5.91 Å². The lowest BCUT2D eigenvalue weighted by Gasteiger charge is -2.30. The summed E-state index contributed by atoms with van der Waals surface area (Å²) in [6, 6.07) is 5.44. The van der Waals surface area contributed by atoms with Gasteiger partial charge in [-0.05, 0) is 31.0 Å². The molecule has 0 atom stereocenters. The highest BCUT2D eigenvalue weighted by Crippen LogP contribution is 2.21. The Morgan fingerprint density at radius 1 is 1.33 bits per heavy atom. The molecule has 1 saturated heterocycles. The number of imidazole rings is 1. The zero-order valence-corrected chi connectivity index (χ0v) is 11.8. The summed E-state index contributed by atoms with van der Waals surface area (Å²) in [5, 5.41) is 0. The van der Waals surface area contributed by atoms with Gasteiger partial charge in [0.05, 0.1) is 30.4 Å². The molecule has 1 aliphatic rings. The Balaban J connectivity index is 1.70. The van der Waals surface area contributed by atoms with Crippen molar-refractivity contribution >= 4 is 22.9 Å². The molecule has 1 aliphatic heterocycles. The number of amides is 1. The van der Waals surface area contributed by atoms with E-state index in [1.807, 2.05) is 12.1 Å². The minimum absolute atomic E-state index is 0.00480. The van der Waals surface area contributed by atoms with E-state index in [1.54, 1.807) is 17.3 Å². The molecule has 2 aromatic rings. The Morgan fingerprint density at radius 2 is 2.10 bits per heavy atom. The number of benzene rings is 1. The van der Waals surface area contributed by atoms with Crippen molar-refractivity contribution < 1.29 is 14.3 Å². The number of piperidine rings is 1. The van der Waals surface area contributed by atoms with Crippen molar-refractivity contribution in [2.75, 3.05) is 20.2 Å². The largest absolute Gasteiger partial charge is 0.469 e. The van der Waals surface area contributed by atoms with Gasteiger partial charge in [0.2, 0.25) is 0 Å². The van der Waals surface area contributed by atoms with E-state index in [0.717, 1.165) is 11.0 Å². The summed E-state index contributed by atoms with van der Waals surface area (Å²) in [5.74, 6) is -0.273. The molecule has 6 nitrogen and oxygen atoms in total. The van der Waals surface area contributed by atoms with E-state index in [-0.39, 0.29) is 17.8 Å². The van der Waals surface area contributed by atoms with Crippen LogP contribution in [0.25, 0.3) is 11.0 Å². The molecule has 1 aromatic heterocycles. The van der Waals surface area contributed by atoms with E-state index < -0.39 is 0 Å². The van der Waals surface area contributed by atoms with Crippen LogP contribution in [0.4, 0.5) is 0 Å². The van der Waals surface area contributed by atoms with Gasteiger partial charge in [-0.1, -0.05) is 0 Å². The predicted molar refractivity (Wildman–Crippen MR) is 76.7 cm³/mol. The van der Waals surface area contributed by atoms with Gasteiger partial charge in [-0.2, -0.15) is 0 Å². The summed E-state index contributed by atoms with van der Waals surface area (Å²) in [4.78, 5) is 32.9. The van der Waals surface area contributed by atoms with E-state index in [4.69, 9.17) is 4.74 Å². The average Bonchev–Trinajstić information content (AvgIpc) is 3.01. The highest BCUT2D eigenvalue weighted by atomic mass is 16.5. The van der Waals surface area contributed by atoms with Crippen molar-refractivity contribution in [3.8, 4) is 0 Å². The Hall–Kier alpha value is -2.37. The topological polar surface area (TPSA) is 75.3 Å².